The van der Waals surface area contributed by atoms with Crippen LogP contribution in [0.15, 0.2) is 16.7 Å². The molecule has 1 saturated heterocycles. The van der Waals surface area contributed by atoms with E-state index in [9.17, 15) is 14.7 Å². The van der Waals surface area contributed by atoms with Gasteiger partial charge in [0.2, 0.25) is 0 Å². The first kappa shape index (κ1) is 16.7. The zero-order valence-corrected chi connectivity index (χ0v) is 14.0. The molecule has 120 valence electrons. The van der Waals surface area contributed by atoms with Crippen LogP contribution in [0.2, 0.25) is 0 Å². The van der Waals surface area contributed by atoms with Gasteiger partial charge in [-0.15, -0.1) is 0 Å². The molecule has 0 radical (unpaired) electrons. The van der Waals surface area contributed by atoms with Crippen LogP contribution in [0.1, 0.15) is 22.5 Å². The van der Waals surface area contributed by atoms with Crippen molar-refractivity contribution in [1.82, 2.24) is 15.2 Å². The number of carbonyl (C=O) groups is 2. The summed E-state index contributed by atoms with van der Waals surface area (Å²) in [6.07, 6.45) is 1.14. The number of carbonyl (C=O) groups excluding carboxylic acids is 1. The Kier molecular flexibility index (Phi) is 5.36. The summed E-state index contributed by atoms with van der Waals surface area (Å²) in [5.74, 6) is -0.311. The van der Waals surface area contributed by atoms with Crippen molar-refractivity contribution in [3.63, 3.8) is 0 Å². The van der Waals surface area contributed by atoms with Gasteiger partial charge in [0.1, 0.15) is 5.69 Å². The Hall–Kier alpha value is -1.67. The lowest BCUT2D eigenvalue weighted by Crippen LogP contribution is -2.39. The largest absolute Gasteiger partial charge is 0.465 e. The van der Waals surface area contributed by atoms with E-state index < -0.39 is 6.09 Å². The van der Waals surface area contributed by atoms with Gasteiger partial charge in [-0.3, -0.25) is 9.78 Å². The zero-order chi connectivity index (χ0) is 16.3. The van der Waals surface area contributed by atoms with Gasteiger partial charge in [-0.25, -0.2) is 4.79 Å². The maximum atomic E-state index is 12.2. The molecule has 2 N–H and O–H groups in total. The fourth-order valence-corrected chi connectivity index (χ4v) is 2.81. The molecule has 1 fully saturated rings. The van der Waals surface area contributed by atoms with Crippen molar-refractivity contribution in [2.45, 2.75) is 25.4 Å². The van der Waals surface area contributed by atoms with E-state index in [0.29, 0.717) is 18.7 Å². The monoisotopic (exact) mass is 371 g/mol. The van der Waals surface area contributed by atoms with E-state index in [1.165, 1.54) is 12.0 Å². The van der Waals surface area contributed by atoms with Gasteiger partial charge in [-0.1, -0.05) is 15.9 Å². The number of nitrogens with one attached hydrogen (secondary N) is 1. The van der Waals surface area contributed by atoms with Crippen LogP contribution in [0, 0.1) is 6.92 Å². The Morgan fingerprint density at radius 1 is 1.59 bits per heavy atom. The van der Waals surface area contributed by atoms with Crippen molar-refractivity contribution in [3.8, 4) is 0 Å². The minimum Gasteiger partial charge on any atom is -0.465 e. The summed E-state index contributed by atoms with van der Waals surface area (Å²) in [5, 5.41) is 12.0. The number of rotatable bonds is 4. The third kappa shape index (κ3) is 3.75. The number of aromatic nitrogens is 1. The average Bonchev–Trinajstić information content (AvgIpc) is 2.85. The second-order valence-electron chi connectivity index (χ2n) is 5.27. The van der Waals surface area contributed by atoms with E-state index in [1.807, 2.05) is 6.92 Å². The Morgan fingerprint density at radius 2 is 2.32 bits per heavy atom. The zero-order valence-electron chi connectivity index (χ0n) is 12.4. The normalized spacial score (nSPS) is 21.0. The minimum absolute atomic E-state index is 0.245. The fourth-order valence-electron chi connectivity index (χ4n) is 2.49. The predicted molar refractivity (Wildman–Crippen MR) is 82.9 cm³/mol. The van der Waals surface area contributed by atoms with Crippen LogP contribution in [0.5, 0.6) is 0 Å². The first-order chi connectivity index (χ1) is 10.4. The van der Waals surface area contributed by atoms with Crippen molar-refractivity contribution < 1.29 is 19.4 Å². The molecule has 2 amide bonds. The Bertz CT molecular complexity index is 581. The number of hydrogen-bond donors (Lipinski definition) is 2. The van der Waals surface area contributed by atoms with Gasteiger partial charge < -0.3 is 20.1 Å². The first-order valence-electron chi connectivity index (χ1n) is 6.84. The summed E-state index contributed by atoms with van der Waals surface area (Å²) in [5.41, 5.74) is 1.24. The number of hydrogen-bond acceptors (Lipinski definition) is 4. The number of ether oxygens (including phenoxy) is 1. The molecule has 0 bridgehead atoms. The van der Waals surface area contributed by atoms with Gasteiger partial charge in [0.25, 0.3) is 5.91 Å². The van der Waals surface area contributed by atoms with E-state index in [-0.39, 0.29) is 24.5 Å². The lowest BCUT2D eigenvalue weighted by molar-refractivity contribution is 0.0928. The molecule has 1 aromatic heterocycles. The number of likely N-dealkylation sites (tertiary alicyclic amines) is 1. The number of pyridine rings is 1. The fraction of sp³-hybridized carbons (Fsp3) is 0.500. The van der Waals surface area contributed by atoms with Crippen LogP contribution >= 0.6 is 15.9 Å². The van der Waals surface area contributed by atoms with E-state index >= 15 is 0 Å². The van der Waals surface area contributed by atoms with Gasteiger partial charge in [0.05, 0.1) is 12.6 Å². The smallest absolute Gasteiger partial charge is 0.407 e. The average molecular weight is 372 g/mol. The molecular weight excluding hydrogens is 354 g/mol. The maximum Gasteiger partial charge on any atom is 0.407 e. The lowest BCUT2D eigenvalue weighted by Gasteiger charge is -2.19. The molecule has 0 saturated carbocycles. The quantitative estimate of drug-likeness (QED) is 0.839. The molecule has 8 heteroatoms. The van der Waals surface area contributed by atoms with Gasteiger partial charge >= 0.3 is 6.09 Å². The summed E-state index contributed by atoms with van der Waals surface area (Å²) in [6.45, 7) is 2.45. The number of nitrogens with zero attached hydrogens (tertiary/aromatic N) is 2. The van der Waals surface area contributed by atoms with Crippen LogP contribution < -0.4 is 5.32 Å². The van der Waals surface area contributed by atoms with Crippen LogP contribution in [-0.4, -0.2) is 59.3 Å². The van der Waals surface area contributed by atoms with E-state index in [2.05, 4.69) is 26.2 Å². The number of halogens is 1. The highest BCUT2D eigenvalue weighted by Gasteiger charge is 2.36. The SMILES string of the molecule is COCC1CC(NC(=O)c2cc(Br)c(C)cn2)CN1C(=O)O. The lowest BCUT2D eigenvalue weighted by atomic mass is 10.1. The molecule has 2 heterocycles. The van der Waals surface area contributed by atoms with Crippen molar-refractivity contribution in [2.75, 3.05) is 20.3 Å². The van der Waals surface area contributed by atoms with Gasteiger partial charge in [-0.2, -0.15) is 0 Å². The Morgan fingerprint density at radius 3 is 2.91 bits per heavy atom. The molecular formula is C14H18BrN3O4. The highest BCUT2D eigenvalue weighted by molar-refractivity contribution is 9.10. The van der Waals surface area contributed by atoms with Crippen molar-refractivity contribution in [2.24, 2.45) is 0 Å². The molecule has 2 unspecified atom stereocenters. The van der Waals surface area contributed by atoms with Crippen LogP contribution in [0.3, 0.4) is 0 Å². The summed E-state index contributed by atoms with van der Waals surface area (Å²) >= 11 is 3.36. The predicted octanol–water partition coefficient (Wildman–Crippen LogP) is 1.65. The second kappa shape index (κ2) is 7.06. The van der Waals surface area contributed by atoms with Crippen molar-refractivity contribution in [1.29, 1.82) is 0 Å². The van der Waals surface area contributed by atoms with E-state index in [0.717, 1.165) is 10.0 Å². The maximum absolute atomic E-state index is 12.2. The third-order valence-corrected chi connectivity index (χ3v) is 4.48. The summed E-state index contributed by atoms with van der Waals surface area (Å²) in [4.78, 5) is 28.8. The van der Waals surface area contributed by atoms with Gasteiger partial charge in [0, 0.05) is 30.4 Å². The molecule has 22 heavy (non-hydrogen) atoms. The summed E-state index contributed by atoms with van der Waals surface area (Å²) in [7, 11) is 1.53. The van der Waals surface area contributed by atoms with Crippen molar-refractivity contribution >= 4 is 27.9 Å². The first-order valence-corrected chi connectivity index (χ1v) is 7.63. The van der Waals surface area contributed by atoms with Crippen LogP contribution in [-0.2, 0) is 4.74 Å². The van der Waals surface area contributed by atoms with Crippen LogP contribution in [0.4, 0.5) is 4.79 Å². The highest BCUT2D eigenvalue weighted by atomic mass is 79.9. The Labute approximate surface area is 136 Å². The standard InChI is InChI=1S/C14H18BrN3O4/c1-8-5-16-12(4-11(8)15)13(19)17-9-3-10(7-22-2)18(6-9)14(20)21/h4-5,9-10H,3,6-7H2,1-2H3,(H,17,19)(H,20,21). The van der Waals surface area contributed by atoms with Crippen molar-refractivity contribution in [3.05, 3.63) is 28.0 Å². The molecule has 0 aromatic carbocycles. The second-order valence-corrected chi connectivity index (χ2v) is 6.12. The van der Waals surface area contributed by atoms with Crippen LogP contribution in [0.25, 0.3) is 0 Å². The van der Waals surface area contributed by atoms with E-state index in [1.54, 1.807) is 12.3 Å². The third-order valence-electron chi connectivity index (χ3n) is 3.62. The van der Waals surface area contributed by atoms with E-state index in [4.69, 9.17) is 4.74 Å². The number of amides is 2. The summed E-state index contributed by atoms with van der Waals surface area (Å²) in [6, 6.07) is 1.16. The molecule has 0 spiro atoms. The molecule has 1 aromatic rings. The minimum atomic E-state index is -1.00. The molecule has 7 nitrogen and oxygen atoms in total. The number of methoxy groups -OCH3 is 1. The molecule has 1 aliphatic rings. The van der Waals surface area contributed by atoms with Gasteiger partial charge in [-0.05, 0) is 25.0 Å². The molecule has 2 rings (SSSR count). The number of aryl methyl sites for hydroxylation is 1. The highest BCUT2D eigenvalue weighted by Crippen LogP contribution is 2.19. The molecule has 0 aliphatic carbocycles. The van der Waals surface area contributed by atoms with Gasteiger partial charge in [0.15, 0.2) is 0 Å². The summed E-state index contributed by atoms with van der Waals surface area (Å²) < 4.78 is 5.85. The Balaban J connectivity index is 2.02. The molecule has 1 aliphatic heterocycles. The molecule has 2 atom stereocenters. The topological polar surface area (TPSA) is 91.8 Å². The number of carboxylic acid groups (broad SMARTS) is 1.